The molecule has 130 valence electrons. The van der Waals surface area contributed by atoms with Gasteiger partial charge in [0.15, 0.2) is 5.96 Å². The van der Waals surface area contributed by atoms with Gasteiger partial charge in [0.1, 0.15) is 5.82 Å². The van der Waals surface area contributed by atoms with Crippen molar-refractivity contribution in [3.05, 3.63) is 30.1 Å². The predicted molar refractivity (Wildman–Crippen MR) is 104 cm³/mol. The van der Waals surface area contributed by atoms with E-state index in [4.69, 9.17) is 0 Å². The van der Waals surface area contributed by atoms with Gasteiger partial charge in [0.2, 0.25) is 0 Å². The first-order valence-corrected chi connectivity index (χ1v) is 9.86. The average molecular weight is 346 g/mol. The van der Waals surface area contributed by atoms with Crippen LogP contribution >= 0.6 is 11.8 Å². The molecule has 0 bridgehead atoms. The van der Waals surface area contributed by atoms with E-state index in [1.165, 1.54) is 12.2 Å². The van der Waals surface area contributed by atoms with Gasteiger partial charge < -0.3 is 15.2 Å². The monoisotopic (exact) mass is 345 g/mol. The number of aromatic amines is 1. The third-order valence-electron chi connectivity index (χ3n) is 4.42. The van der Waals surface area contributed by atoms with Crippen molar-refractivity contribution in [3.63, 3.8) is 0 Å². The number of fused-ring (bicyclic) bond motifs is 1. The van der Waals surface area contributed by atoms with Crippen LogP contribution in [0.3, 0.4) is 0 Å². The Hall–Kier alpha value is -1.69. The summed E-state index contributed by atoms with van der Waals surface area (Å²) in [5.41, 5.74) is 2.17. The molecule has 1 aromatic carbocycles. The summed E-state index contributed by atoms with van der Waals surface area (Å²) < 4.78 is 0. The van der Waals surface area contributed by atoms with Gasteiger partial charge in [-0.25, -0.2) is 4.98 Å². The molecule has 1 saturated heterocycles. The third-order valence-corrected chi connectivity index (χ3v) is 5.79. The number of hydrogen-bond donors (Lipinski definition) is 2. The van der Waals surface area contributed by atoms with Gasteiger partial charge in [-0.05, 0) is 25.0 Å². The van der Waals surface area contributed by atoms with Crippen LogP contribution in [0, 0.1) is 0 Å². The molecule has 0 aliphatic carbocycles. The van der Waals surface area contributed by atoms with Gasteiger partial charge in [-0.2, -0.15) is 11.8 Å². The number of aliphatic imine (C=N–C) groups is 1. The zero-order chi connectivity index (χ0) is 16.8. The van der Waals surface area contributed by atoms with Crippen LogP contribution in [0.25, 0.3) is 11.0 Å². The van der Waals surface area contributed by atoms with Crippen molar-refractivity contribution < 1.29 is 0 Å². The molecule has 1 aliphatic heterocycles. The minimum atomic E-state index is 0.729. The summed E-state index contributed by atoms with van der Waals surface area (Å²) in [7, 11) is 1.88. The molecule has 0 spiro atoms. The average Bonchev–Trinajstić information content (AvgIpc) is 3.04. The highest BCUT2D eigenvalue weighted by Gasteiger charge is 2.21. The van der Waals surface area contributed by atoms with E-state index in [2.05, 4.69) is 49.9 Å². The number of nitrogens with one attached hydrogen (secondary N) is 2. The molecule has 2 N–H and O–H groups in total. The van der Waals surface area contributed by atoms with Crippen molar-refractivity contribution in [1.29, 1.82) is 0 Å². The molecule has 1 fully saturated rings. The highest BCUT2D eigenvalue weighted by molar-refractivity contribution is 8.00. The van der Waals surface area contributed by atoms with Gasteiger partial charge in [0, 0.05) is 44.1 Å². The number of H-pyrrole nitrogens is 1. The Bertz CT molecular complexity index is 648. The van der Waals surface area contributed by atoms with Crippen LogP contribution < -0.4 is 5.32 Å². The maximum Gasteiger partial charge on any atom is 0.193 e. The van der Waals surface area contributed by atoms with Gasteiger partial charge in [-0.1, -0.05) is 19.1 Å². The maximum absolute atomic E-state index is 4.63. The standard InChI is InChI=1S/C18H27N5S/c1-3-14-13-23(11-12-24-14)18(19-2)20-10-6-9-17-21-15-7-4-5-8-16(15)22-17/h4-5,7-8,14H,3,6,9-13H2,1-2H3,(H,19,20)(H,21,22). The SMILES string of the molecule is CCC1CN(C(=NC)NCCCc2nc3ccccc3[nH]2)CCS1. The summed E-state index contributed by atoms with van der Waals surface area (Å²) in [6, 6.07) is 8.19. The summed E-state index contributed by atoms with van der Waals surface area (Å²) in [4.78, 5) is 14.9. The summed E-state index contributed by atoms with van der Waals surface area (Å²) in [6.45, 7) is 5.38. The summed E-state index contributed by atoms with van der Waals surface area (Å²) in [6.07, 6.45) is 3.22. The number of aryl methyl sites for hydroxylation is 1. The van der Waals surface area contributed by atoms with Crippen LogP contribution in [0.5, 0.6) is 0 Å². The van der Waals surface area contributed by atoms with E-state index >= 15 is 0 Å². The molecular formula is C18H27N5S. The molecule has 1 unspecified atom stereocenters. The van der Waals surface area contributed by atoms with Crippen LogP contribution in [0.15, 0.2) is 29.3 Å². The fraction of sp³-hybridized carbons (Fsp3) is 0.556. The molecule has 6 heteroatoms. The molecule has 2 heterocycles. The lowest BCUT2D eigenvalue weighted by Gasteiger charge is -2.34. The number of hydrogen-bond acceptors (Lipinski definition) is 3. The van der Waals surface area contributed by atoms with Crippen LogP contribution in [-0.2, 0) is 6.42 Å². The van der Waals surface area contributed by atoms with Crippen LogP contribution in [0.4, 0.5) is 0 Å². The minimum Gasteiger partial charge on any atom is -0.356 e. The zero-order valence-corrected chi connectivity index (χ0v) is 15.4. The van der Waals surface area contributed by atoms with Crippen LogP contribution in [-0.4, -0.2) is 58.5 Å². The summed E-state index contributed by atoms with van der Waals surface area (Å²) >= 11 is 2.09. The van der Waals surface area contributed by atoms with Gasteiger partial charge in [-0.15, -0.1) is 0 Å². The Kier molecular flexibility index (Phi) is 6.01. The van der Waals surface area contributed by atoms with E-state index in [0.29, 0.717) is 0 Å². The molecule has 1 atom stereocenters. The topological polar surface area (TPSA) is 56.3 Å². The summed E-state index contributed by atoms with van der Waals surface area (Å²) in [5.74, 6) is 3.30. The third kappa shape index (κ3) is 4.23. The smallest absolute Gasteiger partial charge is 0.193 e. The second-order valence-electron chi connectivity index (χ2n) is 6.13. The first-order chi connectivity index (χ1) is 11.8. The first-order valence-electron chi connectivity index (χ1n) is 8.81. The number of imidazole rings is 1. The molecule has 0 saturated carbocycles. The number of benzene rings is 1. The summed E-state index contributed by atoms with van der Waals surface area (Å²) in [5, 5.41) is 4.24. The lowest BCUT2D eigenvalue weighted by atomic mass is 10.3. The van der Waals surface area contributed by atoms with Crippen molar-refractivity contribution in [3.8, 4) is 0 Å². The second-order valence-corrected chi connectivity index (χ2v) is 7.53. The van der Waals surface area contributed by atoms with E-state index in [0.717, 1.165) is 60.5 Å². The second kappa shape index (κ2) is 8.42. The molecule has 2 aromatic rings. The fourth-order valence-electron chi connectivity index (χ4n) is 3.07. The Balaban J connectivity index is 1.46. The molecule has 3 rings (SSSR count). The minimum absolute atomic E-state index is 0.729. The first kappa shape index (κ1) is 17.1. The molecule has 0 radical (unpaired) electrons. The highest BCUT2D eigenvalue weighted by atomic mass is 32.2. The maximum atomic E-state index is 4.63. The Labute approximate surface area is 148 Å². The quantitative estimate of drug-likeness (QED) is 0.497. The van der Waals surface area contributed by atoms with E-state index in [9.17, 15) is 0 Å². The van der Waals surface area contributed by atoms with Gasteiger partial charge in [0.25, 0.3) is 0 Å². The predicted octanol–water partition coefficient (Wildman–Crippen LogP) is 2.90. The molecule has 24 heavy (non-hydrogen) atoms. The molecular weight excluding hydrogens is 318 g/mol. The Morgan fingerprint density at radius 2 is 2.33 bits per heavy atom. The number of para-hydroxylation sites is 2. The normalized spacial score (nSPS) is 19.0. The largest absolute Gasteiger partial charge is 0.356 e. The van der Waals surface area contributed by atoms with Crippen molar-refractivity contribution >= 4 is 28.8 Å². The van der Waals surface area contributed by atoms with Gasteiger partial charge in [-0.3, -0.25) is 4.99 Å². The van der Waals surface area contributed by atoms with E-state index in [1.807, 2.05) is 25.2 Å². The molecule has 0 amide bonds. The Morgan fingerprint density at radius 1 is 1.46 bits per heavy atom. The number of thioether (sulfide) groups is 1. The van der Waals surface area contributed by atoms with Crippen molar-refractivity contribution in [2.24, 2.45) is 4.99 Å². The molecule has 1 aliphatic rings. The lowest BCUT2D eigenvalue weighted by molar-refractivity contribution is 0.408. The van der Waals surface area contributed by atoms with E-state index in [-0.39, 0.29) is 0 Å². The van der Waals surface area contributed by atoms with Crippen molar-refractivity contribution in [2.75, 3.05) is 32.4 Å². The molecule has 5 nitrogen and oxygen atoms in total. The van der Waals surface area contributed by atoms with Crippen molar-refractivity contribution in [2.45, 2.75) is 31.4 Å². The van der Waals surface area contributed by atoms with E-state index in [1.54, 1.807) is 0 Å². The number of guanidine groups is 1. The van der Waals surface area contributed by atoms with Gasteiger partial charge >= 0.3 is 0 Å². The number of rotatable bonds is 5. The van der Waals surface area contributed by atoms with Gasteiger partial charge in [0.05, 0.1) is 11.0 Å². The highest BCUT2D eigenvalue weighted by Crippen LogP contribution is 2.21. The van der Waals surface area contributed by atoms with Crippen LogP contribution in [0.2, 0.25) is 0 Å². The molecule has 1 aromatic heterocycles. The fourth-order valence-corrected chi connectivity index (χ4v) is 4.25. The van der Waals surface area contributed by atoms with Crippen LogP contribution in [0.1, 0.15) is 25.6 Å². The zero-order valence-electron chi connectivity index (χ0n) is 14.6. The number of nitrogens with zero attached hydrogens (tertiary/aromatic N) is 3. The Morgan fingerprint density at radius 3 is 3.12 bits per heavy atom. The lowest BCUT2D eigenvalue weighted by Crippen LogP contribution is -2.48. The van der Waals surface area contributed by atoms with Crippen molar-refractivity contribution in [1.82, 2.24) is 20.2 Å². The number of aromatic nitrogens is 2. The van der Waals surface area contributed by atoms with E-state index < -0.39 is 0 Å².